The van der Waals surface area contributed by atoms with Gasteiger partial charge < -0.3 is 14.6 Å². The summed E-state index contributed by atoms with van der Waals surface area (Å²) in [6.07, 6.45) is 1.42. The van der Waals surface area contributed by atoms with Crippen LogP contribution in [-0.4, -0.2) is 24.7 Å². The molecule has 0 heterocycles. The minimum atomic E-state index is -1.24. The molecular weight excluding hydrogens is 332 g/mol. The van der Waals surface area contributed by atoms with E-state index in [0.717, 1.165) is 11.1 Å². The number of carbonyl (C=O) groups excluding carboxylic acids is 2. The van der Waals surface area contributed by atoms with Crippen molar-refractivity contribution in [3.63, 3.8) is 0 Å². The summed E-state index contributed by atoms with van der Waals surface area (Å²) in [5, 5.41) is 14.5. The summed E-state index contributed by atoms with van der Waals surface area (Å²) >= 11 is 0. The van der Waals surface area contributed by atoms with Crippen LogP contribution >= 0.6 is 0 Å². The zero-order chi connectivity index (χ0) is 19.1. The quantitative estimate of drug-likeness (QED) is 0.609. The maximum absolute atomic E-state index is 11.9. The normalized spacial score (nSPS) is 10.9. The number of aryl methyl sites for hydroxylation is 1. The van der Waals surface area contributed by atoms with E-state index in [1.807, 2.05) is 25.1 Å². The van der Waals surface area contributed by atoms with Crippen molar-refractivity contribution in [2.75, 3.05) is 6.61 Å². The third kappa shape index (κ3) is 5.44. The Balaban J connectivity index is 1.89. The van der Waals surface area contributed by atoms with Crippen LogP contribution in [0, 0.1) is 6.92 Å². The van der Waals surface area contributed by atoms with E-state index in [1.54, 1.807) is 12.1 Å². The summed E-state index contributed by atoms with van der Waals surface area (Å²) in [4.78, 5) is 22.6. The lowest BCUT2D eigenvalue weighted by atomic mass is 10.0. The van der Waals surface area contributed by atoms with Crippen molar-refractivity contribution in [3.8, 4) is 5.75 Å². The van der Waals surface area contributed by atoms with E-state index in [1.165, 1.54) is 18.3 Å². The molecule has 0 aliphatic carbocycles. The standard InChI is InChI=1S/C20H22N2O4/c1-13(2)17-9-4-14(3)10-18(17)26-12-19(23)22-21-11-15-5-7-16(8-6-15)20(24)25/h4-11,13H,12H2,1-3H3,(H,22,23)(H,24,25)/p-1/b21-11-. The molecule has 6 nitrogen and oxygen atoms in total. The van der Waals surface area contributed by atoms with Crippen molar-refractivity contribution in [1.29, 1.82) is 0 Å². The van der Waals surface area contributed by atoms with Gasteiger partial charge in [0, 0.05) is 0 Å². The Bertz CT molecular complexity index is 811. The Morgan fingerprint density at radius 2 is 1.88 bits per heavy atom. The van der Waals surface area contributed by atoms with Gasteiger partial charge >= 0.3 is 0 Å². The van der Waals surface area contributed by atoms with Crippen LogP contribution in [0.25, 0.3) is 0 Å². The molecular formula is C20H21N2O4-. The van der Waals surface area contributed by atoms with E-state index in [4.69, 9.17) is 4.74 Å². The topological polar surface area (TPSA) is 90.8 Å². The van der Waals surface area contributed by atoms with E-state index < -0.39 is 5.97 Å². The molecule has 2 aromatic carbocycles. The van der Waals surface area contributed by atoms with Crippen molar-refractivity contribution in [2.24, 2.45) is 5.10 Å². The van der Waals surface area contributed by atoms with Crippen LogP contribution in [0.2, 0.25) is 0 Å². The van der Waals surface area contributed by atoms with Gasteiger partial charge in [0.15, 0.2) is 6.61 Å². The molecule has 0 fully saturated rings. The van der Waals surface area contributed by atoms with Gasteiger partial charge in [-0.25, -0.2) is 5.43 Å². The molecule has 6 heteroatoms. The van der Waals surface area contributed by atoms with Crippen LogP contribution in [0.3, 0.4) is 0 Å². The Hall–Kier alpha value is -3.15. The number of aromatic carboxylic acids is 1. The molecule has 0 aliphatic rings. The summed E-state index contributed by atoms with van der Waals surface area (Å²) in [6, 6.07) is 11.9. The summed E-state index contributed by atoms with van der Waals surface area (Å²) in [6.45, 7) is 5.94. The molecule has 0 bridgehead atoms. The number of benzene rings is 2. The number of hydrazone groups is 1. The van der Waals surface area contributed by atoms with Gasteiger partial charge in [-0.3, -0.25) is 4.79 Å². The van der Waals surface area contributed by atoms with Crippen LogP contribution in [0.4, 0.5) is 0 Å². The molecule has 0 aromatic heterocycles. The fourth-order valence-electron chi connectivity index (χ4n) is 2.30. The molecule has 1 amide bonds. The SMILES string of the molecule is Cc1ccc(C(C)C)c(OCC(=O)N/N=C\c2ccc(C(=O)[O-])cc2)c1. The Morgan fingerprint density at radius 3 is 2.50 bits per heavy atom. The highest BCUT2D eigenvalue weighted by atomic mass is 16.5. The van der Waals surface area contributed by atoms with E-state index in [9.17, 15) is 14.7 Å². The fraction of sp³-hybridized carbons (Fsp3) is 0.250. The van der Waals surface area contributed by atoms with Crippen molar-refractivity contribution in [1.82, 2.24) is 5.43 Å². The first-order valence-corrected chi connectivity index (χ1v) is 8.23. The predicted octanol–water partition coefficient (Wildman–Crippen LogP) is 2.01. The lowest BCUT2D eigenvalue weighted by Gasteiger charge is -2.14. The predicted molar refractivity (Wildman–Crippen MR) is 97.3 cm³/mol. The summed E-state index contributed by atoms with van der Waals surface area (Å²) in [7, 11) is 0. The third-order valence-corrected chi connectivity index (χ3v) is 3.70. The second-order valence-electron chi connectivity index (χ2n) is 6.19. The second kappa shape index (κ2) is 8.80. The van der Waals surface area contributed by atoms with Crippen molar-refractivity contribution >= 4 is 18.1 Å². The van der Waals surface area contributed by atoms with Crippen LogP contribution in [0.1, 0.15) is 46.8 Å². The van der Waals surface area contributed by atoms with Gasteiger partial charge in [0.2, 0.25) is 0 Å². The molecule has 0 atom stereocenters. The first-order chi connectivity index (χ1) is 12.4. The van der Waals surface area contributed by atoms with Crippen molar-refractivity contribution in [2.45, 2.75) is 26.7 Å². The lowest BCUT2D eigenvalue weighted by molar-refractivity contribution is -0.255. The van der Waals surface area contributed by atoms with Crippen LogP contribution in [0.5, 0.6) is 5.75 Å². The highest BCUT2D eigenvalue weighted by Crippen LogP contribution is 2.27. The minimum absolute atomic E-state index is 0.0821. The number of nitrogens with one attached hydrogen (secondary N) is 1. The monoisotopic (exact) mass is 353 g/mol. The number of carbonyl (C=O) groups is 2. The molecule has 2 rings (SSSR count). The zero-order valence-corrected chi connectivity index (χ0v) is 15.0. The molecule has 0 aliphatic heterocycles. The average Bonchev–Trinajstić information content (AvgIpc) is 2.60. The first kappa shape index (κ1) is 19.2. The number of amides is 1. The van der Waals surface area contributed by atoms with E-state index >= 15 is 0 Å². The highest BCUT2D eigenvalue weighted by molar-refractivity contribution is 5.88. The lowest BCUT2D eigenvalue weighted by Crippen LogP contribution is -2.25. The van der Waals surface area contributed by atoms with E-state index in [2.05, 4.69) is 24.4 Å². The number of carboxylic acids is 1. The van der Waals surface area contributed by atoms with Crippen LogP contribution in [0.15, 0.2) is 47.6 Å². The molecule has 26 heavy (non-hydrogen) atoms. The third-order valence-electron chi connectivity index (χ3n) is 3.70. The number of carboxylic acid groups (broad SMARTS) is 1. The zero-order valence-electron chi connectivity index (χ0n) is 15.0. The molecule has 1 N–H and O–H groups in total. The number of rotatable bonds is 7. The molecule has 0 saturated carbocycles. The molecule has 0 spiro atoms. The summed E-state index contributed by atoms with van der Waals surface area (Å²) in [5.41, 5.74) is 5.21. The Kier molecular flexibility index (Phi) is 6.49. The molecule has 2 aromatic rings. The van der Waals surface area contributed by atoms with Crippen molar-refractivity contribution < 1.29 is 19.4 Å². The number of hydrogen-bond donors (Lipinski definition) is 1. The number of nitrogens with zero attached hydrogens (tertiary/aromatic N) is 1. The number of hydrogen-bond acceptors (Lipinski definition) is 5. The minimum Gasteiger partial charge on any atom is -0.545 e. The maximum atomic E-state index is 11.9. The van der Waals surface area contributed by atoms with Gasteiger partial charge in [0.1, 0.15) is 5.75 Å². The molecule has 136 valence electrons. The van der Waals surface area contributed by atoms with Gasteiger partial charge in [-0.1, -0.05) is 50.2 Å². The number of ether oxygens (including phenoxy) is 1. The second-order valence-corrected chi connectivity index (χ2v) is 6.19. The molecule has 0 saturated heterocycles. The van der Waals surface area contributed by atoms with Crippen molar-refractivity contribution in [3.05, 3.63) is 64.7 Å². The van der Waals surface area contributed by atoms with Gasteiger partial charge in [0.25, 0.3) is 5.91 Å². The van der Waals surface area contributed by atoms with Gasteiger partial charge in [-0.15, -0.1) is 0 Å². The fourth-order valence-corrected chi connectivity index (χ4v) is 2.30. The maximum Gasteiger partial charge on any atom is 0.277 e. The molecule has 0 unspecified atom stereocenters. The average molecular weight is 353 g/mol. The van der Waals surface area contributed by atoms with Gasteiger partial charge in [-0.05, 0) is 41.2 Å². The largest absolute Gasteiger partial charge is 0.545 e. The van der Waals surface area contributed by atoms with E-state index in [-0.39, 0.29) is 24.0 Å². The van der Waals surface area contributed by atoms with Gasteiger partial charge in [0.05, 0.1) is 12.2 Å². The smallest absolute Gasteiger partial charge is 0.277 e. The highest BCUT2D eigenvalue weighted by Gasteiger charge is 2.10. The Morgan fingerprint density at radius 1 is 1.19 bits per heavy atom. The van der Waals surface area contributed by atoms with E-state index in [0.29, 0.717) is 11.3 Å². The van der Waals surface area contributed by atoms with Gasteiger partial charge in [-0.2, -0.15) is 5.10 Å². The first-order valence-electron chi connectivity index (χ1n) is 8.23. The van der Waals surface area contributed by atoms with Crippen LogP contribution < -0.4 is 15.3 Å². The van der Waals surface area contributed by atoms with Crippen LogP contribution in [-0.2, 0) is 4.79 Å². The molecule has 0 radical (unpaired) electrons. The summed E-state index contributed by atoms with van der Waals surface area (Å²) in [5.74, 6) is -0.646. The Labute approximate surface area is 152 Å². The summed E-state index contributed by atoms with van der Waals surface area (Å²) < 4.78 is 5.63.